The van der Waals surface area contributed by atoms with Crippen molar-refractivity contribution in [2.45, 2.75) is 89.7 Å². The molecule has 2 saturated carbocycles. The maximum absolute atomic E-state index is 12.9. The minimum Gasteiger partial charge on any atom is -0.393 e. The average Bonchev–Trinajstić information content (AvgIpc) is 3.06. The van der Waals surface area contributed by atoms with Gasteiger partial charge in [-0.05, 0) is 67.4 Å². The summed E-state index contributed by atoms with van der Waals surface area (Å²) in [7, 11) is 0. The quantitative estimate of drug-likeness (QED) is 0.388. The second-order valence-corrected chi connectivity index (χ2v) is 10.3. The van der Waals surface area contributed by atoms with Gasteiger partial charge in [0.05, 0.1) is 12.2 Å². The van der Waals surface area contributed by atoms with E-state index in [0.29, 0.717) is 31.3 Å². The van der Waals surface area contributed by atoms with E-state index < -0.39 is 24.0 Å². The van der Waals surface area contributed by atoms with E-state index in [1.807, 2.05) is 18.9 Å². The van der Waals surface area contributed by atoms with Crippen LogP contribution in [0.1, 0.15) is 65.7 Å². The molecular formula is C27H35F3O3. The van der Waals surface area contributed by atoms with Crippen molar-refractivity contribution in [2.75, 3.05) is 0 Å². The van der Waals surface area contributed by atoms with E-state index in [2.05, 4.69) is 31.6 Å². The number of aliphatic hydroxyl groups is 3. The first kappa shape index (κ1) is 25.8. The van der Waals surface area contributed by atoms with Crippen LogP contribution in [0.15, 0.2) is 47.1 Å². The molecule has 0 aromatic rings. The van der Waals surface area contributed by atoms with Crippen LogP contribution in [0.3, 0.4) is 0 Å². The summed E-state index contributed by atoms with van der Waals surface area (Å²) in [4.78, 5) is 0. The summed E-state index contributed by atoms with van der Waals surface area (Å²) in [6, 6.07) is 0. The van der Waals surface area contributed by atoms with E-state index in [0.717, 1.165) is 31.3 Å². The van der Waals surface area contributed by atoms with E-state index in [-0.39, 0.29) is 17.8 Å². The fourth-order valence-corrected chi connectivity index (χ4v) is 5.64. The summed E-state index contributed by atoms with van der Waals surface area (Å²) in [5.41, 5.74) is 1.04. The van der Waals surface area contributed by atoms with Crippen LogP contribution >= 0.6 is 0 Å². The van der Waals surface area contributed by atoms with Crippen molar-refractivity contribution in [3.63, 3.8) is 0 Å². The number of hydrogen-bond acceptors (Lipinski definition) is 3. The number of aliphatic hydroxyl groups excluding tert-OH is 2. The Morgan fingerprint density at radius 2 is 2.00 bits per heavy atom. The third-order valence-electron chi connectivity index (χ3n) is 7.70. The molecule has 0 spiro atoms. The first-order chi connectivity index (χ1) is 15.3. The second kappa shape index (κ2) is 9.44. The molecule has 0 heterocycles. The molecule has 3 nitrogen and oxygen atoms in total. The highest BCUT2D eigenvalue weighted by atomic mass is 19.4. The lowest BCUT2D eigenvalue weighted by Crippen LogP contribution is -2.40. The molecule has 2 fully saturated rings. The summed E-state index contributed by atoms with van der Waals surface area (Å²) in [5, 5.41) is 29.6. The van der Waals surface area contributed by atoms with E-state index >= 15 is 0 Å². The largest absolute Gasteiger partial charge is 0.428 e. The lowest BCUT2D eigenvalue weighted by Gasteiger charge is -2.42. The molecule has 6 heteroatoms. The van der Waals surface area contributed by atoms with Crippen molar-refractivity contribution < 1.29 is 28.5 Å². The first-order valence-electron chi connectivity index (χ1n) is 11.7. The van der Waals surface area contributed by atoms with Gasteiger partial charge in [0.1, 0.15) is 0 Å². The van der Waals surface area contributed by atoms with Gasteiger partial charge in [-0.2, -0.15) is 13.2 Å². The molecule has 0 aromatic carbocycles. The average molecular weight is 465 g/mol. The molecule has 0 amide bonds. The van der Waals surface area contributed by atoms with Crippen LogP contribution in [0.4, 0.5) is 13.2 Å². The van der Waals surface area contributed by atoms with Crippen LogP contribution in [0.25, 0.3) is 0 Å². The van der Waals surface area contributed by atoms with Gasteiger partial charge in [-0.25, -0.2) is 0 Å². The molecule has 0 aromatic heterocycles. The molecule has 182 valence electrons. The number of allylic oxidation sites excluding steroid dienone is 5. The third-order valence-corrected chi connectivity index (χ3v) is 7.70. The minimum atomic E-state index is -4.78. The van der Waals surface area contributed by atoms with Gasteiger partial charge in [-0.3, -0.25) is 0 Å². The van der Waals surface area contributed by atoms with Gasteiger partial charge in [-0.1, -0.05) is 61.6 Å². The van der Waals surface area contributed by atoms with Crippen LogP contribution in [-0.2, 0) is 0 Å². The normalized spacial score (nSPS) is 35.5. The van der Waals surface area contributed by atoms with Gasteiger partial charge < -0.3 is 15.3 Å². The van der Waals surface area contributed by atoms with Gasteiger partial charge in [0.15, 0.2) is 0 Å². The summed E-state index contributed by atoms with van der Waals surface area (Å²) in [6.07, 6.45) is 5.24. The van der Waals surface area contributed by atoms with Crippen LogP contribution in [0, 0.1) is 29.1 Å². The smallest absolute Gasteiger partial charge is 0.393 e. The SMILES string of the molecule is C=C1/C(=C\C=C2/CCC[C@]3(C)C([C@H](C)CC#CC(C)(O)C(F)(F)F)=CC[C@@H]23)C[C@@H](O)CC1O. The Hall–Kier alpha value is -1.81. The molecular weight excluding hydrogens is 429 g/mol. The number of halogens is 3. The Bertz CT molecular complexity index is 928. The predicted octanol–water partition coefficient (Wildman–Crippen LogP) is 5.39. The summed E-state index contributed by atoms with van der Waals surface area (Å²) in [5.74, 6) is 4.89. The topological polar surface area (TPSA) is 60.7 Å². The van der Waals surface area contributed by atoms with Crippen LogP contribution < -0.4 is 0 Å². The third kappa shape index (κ3) is 5.31. The molecule has 0 aliphatic heterocycles. The highest BCUT2D eigenvalue weighted by Crippen LogP contribution is 2.56. The zero-order valence-electron chi connectivity index (χ0n) is 19.7. The van der Waals surface area contributed by atoms with Gasteiger partial charge in [-0.15, -0.1) is 0 Å². The first-order valence-corrected chi connectivity index (χ1v) is 11.7. The molecule has 0 bridgehead atoms. The summed E-state index contributed by atoms with van der Waals surface area (Å²) in [6.45, 7) is 8.89. The molecule has 3 aliphatic rings. The fourth-order valence-electron chi connectivity index (χ4n) is 5.64. The Morgan fingerprint density at radius 3 is 2.67 bits per heavy atom. The molecule has 3 rings (SSSR count). The van der Waals surface area contributed by atoms with Gasteiger partial charge in [0.25, 0.3) is 0 Å². The van der Waals surface area contributed by atoms with Crippen molar-refractivity contribution in [1.29, 1.82) is 0 Å². The van der Waals surface area contributed by atoms with Gasteiger partial charge >= 0.3 is 6.18 Å². The number of fused-ring (bicyclic) bond motifs is 1. The maximum Gasteiger partial charge on any atom is 0.428 e. The molecule has 0 radical (unpaired) electrons. The van der Waals surface area contributed by atoms with Gasteiger partial charge in [0, 0.05) is 12.8 Å². The van der Waals surface area contributed by atoms with Crippen molar-refractivity contribution >= 4 is 0 Å². The van der Waals surface area contributed by atoms with Crippen LogP contribution in [0.2, 0.25) is 0 Å². The van der Waals surface area contributed by atoms with E-state index in [9.17, 15) is 28.5 Å². The fraction of sp³-hybridized carbons (Fsp3) is 0.630. The Kier molecular flexibility index (Phi) is 7.39. The van der Waals surface area contributed by atoms with Crippen molar-refractivity contribution in [3.8, 4) is 11.8 Å². The molecule has 2 unspecified atom stereocenters. The van der Waals surface area contributed by atoms with Crippen molar-refractivity contribution in [2.24, 2.45) is 17.3 Å². The Balaban J connectivity index is 1.75. The molecule has 0 saturated heterocycles. The van der Waals surface area contributed by atoms with E-state index in [1.165, 1.54) is 11.1 Å². The lowest BCUT2D eigenvalue weighted by atomic mass is 9.62. The monoisotopic (exact) mass is 464 g/mol. The summed E-state index contributed by atoms with van der Waals surface area (Å²) >= 11 is 0. The van der Waals surface area contributed by atoms with E-state index in [1.54, 1.807) is 0 Å². The minimum absolute atomic E-state index is 0.00217. The zero-order chi connectivity index (χ0) is 24.6. The number of hydrogen-bond donors (Lipinski definition) is 3. The van der Waals surface area contributed by atoms with Gasteiger partial charge in [0.2, 0.25) is 5.60 Å². The van der Waals surface area contributed by atoms with Crippen LogP contribution in [0.5, 0.6) is 0 Å². The highest BCUT2D eigenvalue weighted by Gasteiger charge is 2.49. The maximum atomic E-state index is 12.9. The van der Waals surface area contributed by atoms with Crippen molar-refractivity contribution in [1.82, 2.24) is 0 Å². The van der Waals surface area contributed by atoms with Crippen LogP contribution in [-0.4, -0.2) is 39.3 Å². The standard InChI is InChI=1S/C27H35F3O3/c1-17(7-5-14-26(4,33)27(28,29)30)22-11-12-23-19(8-6-13-25(22,23)3)9-10-20-15-21(31)16-24(32)18(20)2/h9-11,17,21,23-24,31-33H,2,6-8,12-13,15-16H2,1,3-4H3/b19-9+,20-10-/t17-,21-,23+,24?,25-,26?/m1/s1. The summed E-state index contributed by atoms with van der Waals surface area (Å²) < 4.78 is 38.6. The molecule has 3 aliphatic carbocycles. The second-order valence-electron chi connectivity index (χ2n) is 10.3. The zero-order valence-corrected chi connectivity index (χ0v) is 19.7. The number of rotatable bonds is 3. The van der Waals surface area contributed by atoms with E-state index in [4.69, 9.17) is 0 Å². The Labute approximate surface area is 194 Å². The highest BCUT2D eigenvalue weighted by molar-refractivity contribution is 5.40. The molecule has 6 atom stereocenters. The lowest BCUT2D eigenvalue weighted by molar-refractivity contribution is -0.228. The molecule has 3 N–H and O–H groups in total. The predicted molar refractivity (Wildman–Crippen MR) is 123 cm³/mol. The Morgan fingerprint density at radius 1 is 1.30 bits per heavy atom. The molecule has 33 heavy (non-hydrogen) atoms. The number of alkyl halides is 3. The van der Waals surface area contributed by atoms with Crippen molar-refractivity contribution in [3.05, 3.63) is 47.1 Å².